The molecular formula is C6H9BrF2N2. The Labute approximate surface area is 72.3 Å². The fraction of sp³-hybridized carbons (Fsp3) is 0.500. The number of halogens is 3. The van der Waals surface area contributed by atoms with Gasteiger partial charge in [-0.1, -0.05) is 15.9 Å². The quantitative estimate of drug-likeness (QED) is 0.576. The molecule has 0 saturated heterocycles. The maximum Gasteiger partial charge on any atom is 0.278 e. The van der Waals surface area contributed by atoms with E-state index in [1.54, 1.807) is 0 Å². The van der Waals surface area contributed by atoms with Gasteiger partial charge in [-0.15, -0.1) is 0 Å². The summed E-state index contributed by atoms with van der Waals surface area (Å²) in [6, 6.07) is 0. The Morgan fingerprint density at radius 1 is 1.73 bits per heavy atom. The topological polar surface area (TPSA) is 38.4 Å². The third-order valence-electron chi connectivity index (χ3n) is 1.03. The van der Waals surface area contributed by atoms with Gasteiger partial charge in [0.05, 0.1) is 5.70 Å². The van der Waals surface area contributed by atoms with Crippen molar-refractivity contribution in [3.8, 4) is 0 Å². The summed E-state index contributed by atoms with van der Waals surface area (Å²) in [5.41, 5.74) is 4.96. The third kappa shape index (κ3) is 3.46. The standard InChI is InChI=1S/C6H9BrF2N2/c1-11-3-4(2-7)5(10)6(8)9/h3,6H,2,10H2,1H3/b5-4-,11-3?. The Morgan fingerprint density at radius 2 is 2.27 bits per heavy atom. The highest BCUT2D eigenvalue weighted by Crippen LogP contribution is 2.08. The Kier molecular flexibility index (Phi) is 5.02. The van der Waals surface area contributed by atoms with Crippen LogP contribution in [0, 0.1) is 0 Å². The summed E-state index contributed by atoms with van der Waals surface area (Å²) in [6.07, 6.45) is -1.29. The van der Waals surface area contributed by atoms with E-state index in [0.717, 1.165) is 0 Å². The molecule has 2 N–H and O–H groups in total. The van der Waals surface area contributed by atoms with Crippen LogP contribution in [0.15, 0.2) is 16.3 Å². The monoisotopic (exact) mass is 226 g/mol. The van der Waals surface area contributed by atoms with Crippen molar-refractivity contribution in [3.05, 3.63) is 11.3 Å². The molecule has 0 heterocycles. The van der Waals surface area contributed by atoms with Crippen LogP contribution in [0.5, 0.6) is 0 Å². The van der Waals surface area contributed by atoms with E-state index in [4.69, 9.17) is 5.73 Å². The maximum atomic E-state index is 11.9. The normalized spacial score (nSPS) is 14.3. The maximum absolute atomic E-state index is 11.9. The fourth-order valence-corrected chi connectivity index (χ4v) is 0.951. The second-order valence-corrected chi connectivity index (χ2v) is 2.36. The predicted octanol–water partition coefficient (Wildman–Crippen LogP) is 1.56. The van der Waals surface area contributed by atoms with Crippen LogP contribution in [0.2, 0.25) is 0 Å². The average Bonchev–Trinajstić information content (AvgIpc) is 1.98. The summed E-state index contributed by atoms with van der Waals surface area (Å²) in [4.78, 5) is 3.58. The summed E-state index contributed by atoms with van der Waals surface area (Å²) in [7, 11) is 1.50. The van der Waals surface area contributed by atoms with Gasteiger partial charge in [-0.3, -0.25) is 4.99 Å². The average molecular weight is 227 g/mol. The van der Waals surface area contributed by atoms with Crippen molar-refractivity contribution in [2.45, 2.75) is 6.43 Å². The molecule has 0 atom stereocenters. The van der Waals surface area contributed by atoms with Crippen molar-refractivity contribution in [2.24, 2.45) is 10.7 Å². The Balaban J connectivity index is 4.53. The number of alkyl halides is 3. The van der Waals surface area contributed by atoms with Crippen LogP contribution in [0.4, 0.5) is 8.78 Å². The smallest absolute Gasteiger partial charge is 0.278 e. The minimum atomic E-state index is -2.61. The molecule has 0 bridgehead atoms. The summed E-state index contributed by atoms with van der Waals surface area (Å²) in [6.45, 7) is 0. The lowest BCUT2D eigenvalue weighted by Crippen LogP contribution is -2.12. The van der Waals surface area contributed by atoms with Gasteiger partial charge in [-0.25, -0.2) is 8.78 Å². The fourth-order valence-electron chi connectivity index (χ4n) is 0.482. The van der Waals surface area contributed by atoms with Crippen LogP contribution in [0.25, 0.3) is 0 Å². The third-order valence-corrected chi connectivity index (χ3v) is 1.64. The van der Waals surface area contributed by atoms with Gasteiger partial charge in [0.25, 0.3) is 6.43 Å². The first kappa shape index (κ1) is 10.6. The first-order chi connectivity index (χ1) is 5.13. The lowest BCUT2D eigenvalue weighted by Gasteiger charge is -2.02. The number of hydrogen-bond donors (Lipinski definition) is 1. The van der Waals surface area contributed by atoms with Crippen LogP contribution in [-0.4, -0.2) is 25.0 Å². The Morgan fingerprint density at radius 3 is 2.55 bits per heavy atom. The van der Waals surface area contributed by atoms with Gasteiger partial charge in [0, 0.05) is 24.2 Å². The predicted molar refractivity (Wildman–Crippen MR) is 45.4 cm³/mol. The molecule has 5 heteroatoms. The van der Waals surface area contributed by atoms with Crippen molar-refractivity contribution >= 4 is 22.1 Å². The highest BCUT2D eigenvalue weighted by Gasteiger charge is 2.10. The molecular weight excluding hydrogens is 218 g/mol. The largest absolute Gasteiger partial charge is 0.397 e. The van der Waals surface area contributed by atoms with E-state index in [9.17, 15) is 8.78 Å². The van der Waals surface area contributed by atoms with E-state index >= 15 is 0 Å². The second kappa shape index (κ2) is 5.23. The highest BCUT2D eigenvalue weighted by molar-refractivity contribution is 9.09. The lowest BCUT2D eigenvalue weighted by molar-refractivity contribution is 0.187. The molecule has 0 unspecified atom stereocenters. The molecule has 0 aliphatic rings. The zero-order valence-electron chi connectivity index (χ0n) is 6.02. The number of rotatable bonds is 3. The SMILES string of the molecule is CN=C/C(CBr)=C(\N)C(F)F. The minimum absolute atomic E-state index is 0.292. The van der Waals surface area contributed by atoms with Crippen LogP contribution in [0.3, 0.4) is 0 Å². The molecule has 0 radical (unpaired) electrons. The van der Waals surface area contributed by atoms with Crippen LogP contribution in [0.1, 0.15) is 0 Å². The summed E-state index contributed by atoms with van der Waals surface area (Å²) >= 11 is 3.02. The molecule has 0 saturated carbocycles. The first-order valence-electron chi connectivity index (χ1n) is 2.88. The van der Waals surface area contributed by atoms with E-state index in [0.29, 0.717) is 10.9 Å². The number of aliphatic imine (C=N–C) groups is 1. The van der Waals surface area contributed by atoms with Crippen molar-refractivity contribution in [1.29, 1.82) is 0 Å². The molecule has 0 aromatic heterocycles. The zero-order valence-corrected chi connectivity index (χ0v) is 7.61. The van der Waals surface area contributed by atoms with Gasteiger partial charge in [0.1, 0.15) is 0 Å². The molecule has 0 aliphatic heterocycles. The Hall–Kier alpha value is -0.450. The molecule has 64 valence electrons. The van der Waals surface area contributed by atoms with Gasteiger partial charge in [-0.05, 0) is 0 Å². The summed E-state index contributed by atoms with van der Waals surface area (Å²) < 4.78 is 23.8. The lowest BCUT2D eigenvalue weighted by atomic mass is 10.2. The number of nitrogens with zero attached hydrogens (tertiary/aromatic N) is 1. The minimum Gasteiger partial charge on any atom is -0.397 e. The molecule has 11 heavy (non-hydrogen) atoms. The van der Waals surface area contributed by atoms with Gasteiger partial charge >= 0.3 is 0 Å². The van der Waals surface area contributed by atoms with Gasteiger partial charge in [0.15, 0.2) is 0 Å². The van der Waals surface area contributed by atoms with E-state index < -0.39 is 12.1 Å². The van der Waals surface area contributed by atoms with Gasteiger partial charge in [-0.2, -0.15) is 0 Å². The van der Waals surface area contributed by atoms with E-state index in [1.807, 2.05) is 0 Å². The van der Waals surface area contributed by atoms with Crippen molar-refractivity contribution in [3.63, 3.8) is 0 Å². The highest BCUT2D eigenvalue weighted by atomic mass is 79.9. The number of allylic oxidation sites excluding steroid dienone is 2. The Bertz CT molecular complexity index is 177. The first-order valence-corrected chi connectivity index (χ1v) is 4.00. The zero-order chi connectivity index (χ0) is 8.85. The van der Waals surface area contributed by atoms with E-state index in [1.165, 1.54) is 13.3 Å². The van der Waals surface area contributed by atoms with E-state index in [-0.39, 0.29) is 0 Å². The van der Waals surface area contributed by atoms with Gasteiger partial charge < -0.3 is 5.73 Å². The molecule has 0 aliphatic carbocycles. The van der Waals surface area contributed by atoms with Crippen LogP contribution in [-0.2, 0) is 0 Å². The molecule has 0 spiro atoms. The molecule has 0 fully saturated rings. The van der Waals surface area contributed by atoms with Crippen molar-refractivity contribution < 1.29 is 8.78 Å². The van der Waals surface area contributed by atoms with Crippen molar-refractivity contribution in [1.82, 2.24) is 0 Å². The van der Waals surface area contributed by atoms with Crippen LogP contribution >= 0.6 is 15.9 Å². The molecule has 0 amide bonds. The van der Waals surface area contributed by atoms with Crippen LogP contribution < -0.4 is 5.73 Å². The molecule has 0 aromatic rings. The second-order valence-electron chi connectivity index (χ2n) is 1.80. The van der Waals surface area contributed by atoms with E-state index in [2.05, 4.69) is 20.9 Å². The van der Waals surface area contributed by atoms with Gasteiger partial charge in [0.2, 0.25) is 0 Å². The number of nitrogens with two attached hydrogens (primary N) is 1. The summed E-state index contributed by atoms with van der Waals surface area (Å²) in [5, 5.41) is 0.292. The molecule has 0 rings (SSSR count). The molecule has 0 aromatic carbocycles. The van der Waals surface area contributed by atoms with Crippen molar-refractivity contribution in [2.75, 3.05) is 12.4 Å². The summed E-state index contributed by atoms with van der Waals surface area (Å²) in [5.74, 6) is 0. The molecule has 2 nitrogen and oxygen atoms in total. The number of hydrogen-bond acceptors (Lipinski definition) is 2.